The van der Waals surface area contributed by atoms with Gasteiger partial charge in [-0.3, -0.25) is 19.4 Å². The van der Waals surface area contributed by atoms with Gasteiger partial charge in [0.05, 0.1) is 36.4 Å². The summed E-state index contributed by atoms with van der Waals surface area (Å²) >= 11 is 5.87. The van der Waals surface area contributed by atoms with Crippen molar-refractivity contribution in [2.24, 2.45) is 0 Å². The molecular formula is C29H28ClFN8O4. The van der Waals surface area contributed by atoms with Gasteiger partial charge in [-0.1, -0.05) is 22.8 Å². The normalized spacial score (nSPS) is 17.8. The molecule has 0 radical (unpaired) electrons. The van der Waals surface area contributed by atoms with Crippen LogP contribution in [-0.2, 0) is 24.2 Å². The Balaban J connectivity index is 1.01. The summed E-state index contributed by atoms with van der Waals surface area (Å²) in [5, 5.41) is 4.10. The Hall–Kier alpha value is -4.20. The zero-order chi connectivity index (χ0) is 29.3. The predicted molar refractivity (Wildman–Crippen MR) is 153 cm³/mol. The third kappa shape index (κ3) is 6.14. The number of hydrogen-bond acceptors (Lipinski definition) is 10. The fourth-order valence-electron chi connectivity index (χ4n) is 5.42. The van der Waals surface area contributed by atoms with Gasteiger partial charge in [-0.15, -0.1) is 0 Å². The second-order valence-electron chi connectivity index (χ2n) is 10.7. The van der Waals surface area contributed by atoms with Gasteiger partial charge >= 0.3 is 5.76 Å². The number of halogens is 2. The lowest BCUT2D eigenvalue weighted by Gasteiger charge is -2.32. The Bertz CT molecular complexity index is 1810. The standard InChI is InChI=1S/C29H28ClFN8O4/c30-18-2-1-17(21(31)12-18)11-25-32-7-3-27(35-25)42-19-4-8-38(9-5-19)16-26-34-22-13-23(28-36-29(40)43-37-28)33-14-24(22)39(26)15-20-6-10-41-20/h1-3,7,12-14,19-20H,4-6,8-11,15-16H2,(H,36,37,40). The number of likely N-dealkylation sites (tertiary alicyclic amines) is 1. The van der Waals surface area contributed by atoms with E-state index in [1.165, 1.54) is 6.07 Å². The summed E-state index contributed by atoms with van der Waals surface area (Å²) in [5.41, 5.74) is 2.62. The Morgan fingerprint density at radius 1 is 1.12 bits per heavy atom. The molecule has 2 saturated heterocycles. The number of H-pyrrole nitrogens is 1. The molecule has 7 rings (SSSR count). The van der Waals surface area contributed by atoms with Crippen molar-refractivity contribution in [3.63, 3.8) is 0 Å². The Labute approximate surface area is 249 Å². The Morgan fingerprint density at radius 3 is 2.72 bits per heavy atom. The maximum absolute atomic E-state index is 14.3. The van der Waals surface area contributed by atoms with Gasteiger partial charge in [-0.25, -0.2) is 19.2 Å². The van der Waals surface area contributed by atoms with Crippen molar-refractivity contribution in [1.29, 1.82) is 0 Å². The Kier molecular flexibility index (Phi) is 7.59. The van der Waals surface area contributed by atoms with Crippen molar-refractivity contribution >= 4 is 22.6 Å². The second-order valence-corrected chi connectivity index (χ2v) is 11.2. The van der Waals surface area contributed by atoms with Crippen LogP contribution in [-0.4, -0.2) is 71.4 Å². The molecule has 5 aromatic rings. The number of imidazole rings is 1. The number of aromatic nitrogens is 7. The van der Waals surface area contributed by atoms with Crippen LogP contribution in [0.2, 0.25) is 5.02 Å². The number of nitrogens with zero attached hydrogens (tertiary/aromatic N) is 7. The largest absolute Gasteiger partial charge is 0.474 e. The molecule has 0 amide bonds. The molecule has 0 aliphatic carbocycles. The van der Waals surface area contributed by atoms with E-state index in [2.05, 4.69) is 39.1 Å². The lowest BCUT2D eigenvalue weighted by atomic mass is 10.1. The fraction of sp³-hybridized carbons (Fsp3) is 0.379. The number of nitrogens with one attached hydrogen (secondary N) is 1. The van der Waals surface area contributed by atoms with Gasteiger partial charge in [0.2, 0.25) is 11.7 Å². The van der Waals surface area contributed by atoms with Gasteiger partial charge < -0.3 is 14.0 Å². The summed E-state index contributed by atoms with van der Waals surface area (Å²) in [6.07, 6.45) is 6.44. The predicted octanol–water partition coefficient (Wildman–Crippen LogP) is 3.78. The minimum atomic E-state index is -0.633. The average Bonchev–Trinajstić information content (AvgIpc) is 3.56. The molecule has 222 valence electrons. The molecule has 1 unspecified atom stereocenters. The third-order valence-electron chi connectivity index (χ3n) is 7.81. The molecule has 6 heterocycles. The average molecular weight is 607 g/mol. The maximum atomic E-state index is 14.3. The smallest absolute Gasteiger partial charge is 0.439 e. The zero-order valence-corrected chi connectivity index (χ0v) is 23.8. The molecule has 2 aliphatic rings. The number of aromatic amines is 1. The van der Waals surface area contributed by atoms with Crippen molar-refractivity contribution in [3.05, 3.63) is 81.3 Å². The van der Waals surface area contributed by atoms with Crippen LogP contribution in [0.5, 0.6) is 5.88 Å². The molecule has 2 fully saturated rings. The summed E-state index contributed by atoms with van der Waals surface area (Å²) in [6, 6.07) is 8.13. The molecule has 0 bridgehead atoms. The van der Waals surface area contributed by atoms with E-state index < -0.39 is 5.76 Å². The van der Waals surface area contributed by atoms with Gasteiger partial charge in [0.15, 0.2) is 0 Å². The van der Waals surface area contributed by atoms with E-state index in [1.54, 1.807) is 30.6 Å². The molecule has 12 nitrogen and oxygen atoms in total. The number of hydrogen-bond donors (Lipinski definition) is 1. The molecule has 1 N–H and O–H groups in total. The number of pyridine rings is 1. The van der Waals surface area contributed by atoms with Gasteiger partial charge in [0.1, 0.15) is 29.3 Å². The number of benzene rings is 1. The van der Waals surface area contributed by atoms with Crippen LogP contribution in [0, 0.1) is 5.82 Å². The van der Waals surface area contributed by atoms with Crippen molar-refractivity contribution in [3.8, 4) is 17.4 Å². The quantitative estimate of drug-likeness (QED) is 0.264. The van der Waals surface area contributed by atoms with Gasteiger partial charge in [0.25, 0.3) is 0 Å². The van der Waals surface area contributed by atoms with Crippen LogP contribution >= 0.6 is 11.6 Å². The molecule has 14 heteroatoms. The highest BCUT2D eigenvalue weighted by Gasteiger charge is 2.26. The molecule has 43 heavy (non-hydrogen) atoms. The van der Waals surface area contributed by atoms with Crippen LogP contribution in [0.25, 0.3) is 22.6 Å². The van der Waals surface area contributed by atoms with Gasteiger partial charge in [-0.2, -0.15) is 4.98 Å². The van der Waals surface area contributed by atoms with Crippen LogP contribution in [0.4, 0.5) is 4.39 Å². The van der Waals surface area contributed by atoms with Crippen LogP contribution in [0.15, 0.2) is 52.0 Å². The first-order valence-corrected chi connectivity index (χ1v) is 14.5. The zero-order valence-electron chi connectivity index (χ0n) is 23.1. The van der Waals surface area contributed by atoms with Crippen molar-refractivity contribution in [2.75, 3.05) is 19.7 Å². The minimum Gasteiger partial charge on any atom is -0.474 e. The highest BCUT2D eigenvalue weighted by atomic mass is 35.5. The first-order chi connectivity index (χ1) is 21.0. The lowest BCUT2D eigenvalue weighted by molar-refractivity contribution is -0.0592. The van der Waals surface area contributed by atoms with E-state index in [0.29, 0.717) is 41.1 Å². The van der Waals surface area contributed by atoms with E-state index >= 15 is 0 Å². The van der Waals surface area contributed by atoms with Gasteiger partial charge in [0, 0.05) is 43.4 Å². The number of piperidine rings is 1. The maximum Gasteiger partial charge on any atom is 0.439 e. The highest BCUT2D eigenvalue weighted by molar-refractivity contribution is 6.30. The van der Waals surface area contributed by atoms with Crippen LogP contribution in [0.1, 0.15) is 36.5 Å². The Morgan fingerprint density at radius 2 is 1.98 bits per heavy atom. The third-order valence-corrected chi connectivity index (χ3v) is 8.04. The summed E-state index contributed by atoms with van der Waals surface area (Å²) < 4.78 is 33.0. The second kappa shape index (κ2) is 11.8. The SMILES string of the molecule is O=c1[nH]c(-c2cc3nc(CN4CCC(Oc5ccnc(Cc6ccc(Cl)cc6F)n5)CC4)n(CC4CCO4)c3cn2)no1. The molecule has 4 aromatic heterocycles. The summed E-state index contributed by atoms with van der Waals surface area (Å²) in [7, 11) is 0. The van der Waals surface area contributed by atoms with Crippen molar-refractivity contribution < 1.29 is 18.4 Å². The minimum absolute atomic E-state index is 0.00448. The van der Waals surface area contributed by atoms with E-state index in [0.717, 1.165) is 55.8 Å². The summed E-state index contributed by atoms with van der Waals surface area (Å²) in [5.74, 6) is 1.14. The monoisotopic (exact) mass is 606 g/mol. The van der Waals surface area contributed by atoms with Crippen LogP contribution in [0.3, 0.4) is 0 Å². The molecule has 1 aromatic carbocycles. The summed E-state index contributed by atoms with van der Waals surface area (Å²) in [4.78, 5) is 34.5. The van der Waals surface area contributed by atoms with Crippen molar-refractivity contribution in [1.82, 2.24) is 39.5 Å². The first kappa shape index (κ1) is 27.6. The molecule has 2 aliphatic heterocycles. The molecule has 0 saturated carbocycles. The van der Waals surface area contributed by atoms with Gasteiger partial charge in [-0.05, 0) is 43.0 Å². The molecular weight excluding hydrogens is 579 g/mol. The highest BCUT2D eigenvalue weighted by Crippen LogP contribution is 2.26. The fourth-order valence-corrected chi connectivity index (χ4v) is 5.58. The first-order valence-electron chi connectivity index (χ1n) is 14.1. The van der Waals surface area contributed by atoms with Crippen LogP contribution < -0.4 is 10.5 Å². The summed E-state index contributed by atoms with van der Waals surface area (Å²) in [6.45, 7) is 3.78. The number of ether oxygens (including phenoxy) is 2. The number of fused-ring (bicyclic) bond motifs is 1. The van der Waals surface area contributed by atoms with E-state index in [-0.39, 0.29) is 30.3 Å². The topological polar surface area (TPSA) is 137 Å². The van der Waals surface area contributed by atoms with Crippen molar-refractivity contribution in [2.45, 2.75) is 51.0 Å². The number of rotatable bonds is 9. The molecule has 1 atom stereocenters. The van der Waals surface area contributed by atoms with E-state index in [4.69, 9.17) is 26.1 Å². The van der Waals surface area contributed by atoms with E-state index in [9.17, 15) is 9.18 Å². The van der Waals surface area contributed by atoms with E-state index in [1.807, 2.05) is 6.07 Å². The molecule has 0 spiro atoms. The lowest BCUT2D eigenvalue weighted by Crippen LogP contribution is -2.39.